The Morgan fingerprint density at radius 3 is 2.26 bits per heavy atom. The molecule has 8 heteroatoms. The van der Waals surface area contributed by atoms with Gasteiger partial charge in [-0.3, -0.25) is 14.4 Å². The van der Waals surface area contributed by atoms with E-state index in [1.165, 1.54) is 19.4 Å². The average Bonchev–Trinajstić information content (AvgIpc) is 3.42. The maximum Gasteiger partial charge on any atom is 0.338 e. The van der Waals surface area contributed by atoms with Crippen molar-refractivity contribution in [3.63, 3.8) is 0 Å². The minimum Gasteiger partial charge on any atom is -0.449 e. The molecule has 4 aromatic rings. The van der Waals surface area contributed by atoms with E-state index in [1.54, 1.807) is 66.9 Å². The Bertz CT molecular complexity index is 1470. The zero-order chi connectivity index (χ0) is 24.5. The second-order valence-corrected chi connectivity index (χ2v) is 7.91. The number of ketones is 2. The molecular formula is C27H18N2O6. The highest BCUT2D eigenvalue weighted by Gasteiger charge is 2.32. The lowest BCUT2D eigenvalue weighted by molar-refractivity contribution is -0.123. The molecule has 0 spiro atoms. The fourth-order valence-electron chi connectivity index (χ4n) is 3.89. The van der Waals surface area contributed by atoms with E-state index < -0.39 is 18.0 Å². The van der Waals surface area contributed by atoms with Crippen LogP contribution in [0.5, 0.6) is 0 Å². The first-order valence-electron chi connectivity index (χ1n) is 10.8. The van der Waals surface area contributed by atoms with Crippen molar-refractivity contribution < 1.29 is 28.3 Å². The van der Waals surface area contributed by atoms with Crippen molar-refractivity contribution in [1.82, 2.24) is 4.98 Å². The van der Waals surface area contributed by atoms with Crippen LogP contribution < -0.4 is 5.32 Å². The third-order valence-electron chi connectivity index (χ3n) is 5.70. The second-order valence-electron chi connectivity index (χ2n) is 7.91. The van der Waals surface area contributed by atoms with Crippen LogP contribution in [0.25, 0.3) is 11.3 Å². The van der Waals surface area contributed by atoms with Gasteiger partial charge in [0.1, 0.15) is 0 Å². The number of benzene rings is 3. The standard InChI is InChI=1S/C27H18N2O6/c1-15(35-27(33)17-11-9-16(10-12-17)22-13-28-14-34-22)26(32)29-21-8-4-7-20-23(21)25(31)19-6-3-2-5-18(19)24(20)30/h2-15H,1H3,(H,29,32). The number of anilines is 1. The minimum atomic E-state index is -1.16. The molecule has 8 nitrogen and oxygen atoms in total. The monoisotopic (exact) mass is 466 g/mol. The van der Waals surface area contributed by atoms with E-state index in [9.17, 15) is 19.2 Å². The molecule has 5 rings (SSSR count). The highest BCUT2D eigenvalue weighted by Crippen LogP contribution is 2.32. The van der Waals surface area contributed by atoms with E-state index in [0.717, 1.165) is 5.56 Å². The number of carbonyl (C=O) groups excluding carboxylic acids is 4. The van der Waals surface area contributed by atoms with E-state index in [1.807, 2.05) is 0 Å². The molecule has 0 bridgehead atoms. The van der Waals surface area contributed by atoms with Gasteiger partial charge < -0.3 is 14.5 Å². The smallest absolute Gasteiger partial charge is 0.338 e. The quantitative estimate of drug-likeness (QED) is 0.384. The van der Waals surface area contributed by atoms with Crippen molar-refractivity contribution in [3.05, 3.63) is 107 Å². The van der Waals surface area contributed by atoms with E-state index in [-0.39, 0.29) is 39.5 Å². The molecular weight excluding hydrogens is 448 g/mol. The number of fused-ring (bicyclic) bond motifs is 2. The Kier molecular flexibility index (Phi) is 5.54. The predicted octanol–water partition coefficient (Wildman–Crippen LogP) is 4.30. The molecule has 0 saturated carbocycles. The Balaban J connectivity index is 1.31. The molecule has 1 aliphatic rings. The van der Waals surface area contributed by atoms with E-state index >= 15 is 0 Å². The highest BCUT2D eigenvalue weighted by molar-refractivity contribution is 6.30. The molecule has 1 atom stereocenters. The van der Waals surface area contributed by atoms with E-state index in [2.05, 4.69) is 10.3 Å². The molecule has 0 saturated heterocycles. The number of amides is 1. The molecule has 0 fully saturated rings. The number of esters is 1. The summed E-state index contributed by atoms with van der Waals surface area (Å²) >= 11 is 0. The summed E-state index contributed by atoms with van der Waals surface area (Å²) in [6.45, 7) is 1.42. The molecule has 1 aliphatic carbocycles. The molecule has 1 N–H and O–H groups in total. The molecule has 1 heterocycles. The molecule has 0 aliphatic heterocycles. The number of hydrogen-bond acceptors (Lipinski definition) is 7. The predicted molar refractivity (Wildman–Crippen MR) is 125 cm³/mol. The molecule has 0 radical (unpaired) electrons. The van der Waals surface area contributed by atoms with Crippen molar-refractivity contribution in [2.75, 3.05) is 5.32 Å². The molecule has 35 heavy (non-hydrogen) atoms. The van der Waals surface area contributed by atoms with Crippen molar-refractivity contribution in [3.8, 4) is 11.3 Å². The van der Waals surface area contributed by atoms with E-state index in [0.29, 0.717) is 11.3 Å². The first-order valence-corrected chi connectivity index (χ1v) is 10.8. The van der Waals surface area contributed by atoms with Crippen molar-refractivity contribution in [2.45, 2.75) is 13.0 Å². The van der Waals surface area contributed by atoms with Crippen LogP contribution in [0, 0.1) is 0 Å². The summed E-state index contributed by atoms with van der Waals surface area (Å²) < 4.78 is 10.5. The number of oxazole rings is 1. The fourth-order valence-corrected chi connectivity index (χ4v) is 3.89. The molecule has 1 aromatic heterocycles. The number of carbonyl (C=O) groups is 4. The fraction of sp³-hybridized carbons (Fsp3) is 0.0741. The van der Waals surface area contributed by atoms with Gasteiger partial charge in [0.25, 0.3) is 5.91 Å². The van der Waals surface area contributed by atoms with Crippen molar-refractivity contribution in [2.24, 2.45) is 0 Å². The maximum atomic E-state index is 13.1. The summed E-state index contributed by atoms with van der Waals surface area (Å²) in [5.41, 5.74) is 2.10. The third-order valence-corrected chi connectivity index (χ3v) is 5.70. The van der Waals surface area contributed by atoms with Gasteiger partial charge in [-0.1, -0.05) is 48.5 Å². The lowest BCUT2D eigenvalue weighted by Crippen LogP contribution is -2.31. The average molecular weight is 466 g/mol. The van der Waals surface area contributed by atoms with Gasteiger partial charge in [0.2, 0.25) is 0 Å². The van der Waals surface area contributed by atoms with E-state index in [4.69, 9.17) is 9.15 Å². The van der Waals surface area contributed by atoms with Gasteiger partial charge in [0.05, 0.1) is 23.0 Å². The molecule has 172 valence electrons. The summed E-state index contributed by atoms with van der Waals surface area (Å²) in [6, 6.07) is 17.7. The topological polar surface area (TPSA) is 116 Å². The Labute approximate surface area is 199 Å². The number of ether oxygens (including phenoxy) is 1. The van der Waals surface area contributed by atoms with Gasteiger partial charge in [-0.2, -0.15) is 0 Å². The Morgan fingerprint density at radius 2 is 1.57 bits per heavy atom. The van der Waals surface area contributed by atoms with Gasteiger partial charge in [-0.15, -0.1) is 0 Å². The SMILES string of the molecule is CC(OC(=O)c1ccc(-c2cnco2)cc1)C(=O)Nc1cccc2c1C(=O)c1ccccc1C2=O. The van der Waals surface area contributed by atoms with Crippen LogP contribution in [-0.2, 0) is 9.53 Å². The van der Waals surface area contributed by atoms with Gasteiger partial charge in [0, 0.05) is 22.3 Å². The van der Waals surface area contributed by atoms with Crippen LogP contribution in [-0.4, -0.2) is 34.5 Å². The molecule has 3 aromatic carbocycles. The summed E-state index contributed by atoms with van der Waals surface area (Å²) in [7, 11) is 0. The van der Waals surface area contributed by atoms with Crippen LogP contribution >= 0.6 is 0 Å². The normalized spacial score (nSPS) is 12.9. The minimum absolute atomic E-state index is 0.117. The number of rotatable bonds is 5. The Morgan fingerprint density at radius 1 is 0.886 bits per heavy atom. The van der Waals surface area contributed by atoms with Crippen LogP contribution in [0.4, 0.5) is 5.69 Å². The maximum absolute atomic E-state index is 13.1. The lowest BCUT2D eigenvalue weighted by Gasteiger charge is -2.21. The second kappa shape index (κ2) is 8.83. The van der Waals surface area contributed by atoms with Crippen molar-refractivity contribution >= 4 is 29.1 Å². The van der Waals surface area contributed by atoms with Gasteiger partial charge >= 0.3 is 5.97 Å². The van der Waals surface area contributed by atoms with Gasteiger partial charge in [-0.05, 0) is 25.1 Å². The first kappa shape index (κ1) is 22.0. The number of nitrogens with one attached hydrogen (secondary N) is 1. The lowest BCUT2D eigenvalue weighted by atomic mass is 9.83. The molecule has 1 unspecified atom stereocenters. The number of aromatic nitrogens is 1. The summed E-state index contributed by atoms with van der Waals surface area (Å²) in [6.07, 6.45) is 1.71. The van der Waals surface area contributed by atoms with Gasteiger partial charge in [0.15, 0.2) is 29.8 Å². The van der Waals surface area contributed by atoms with Crippen LogP contribution in [0.15, 0.2) is 83.7 Å². The van der Waals surface area contributed by atoms with Crippen LogP contribution in [0.3, 0.4) is 0 Å². The van der Waals surface area contributed by atoms with Gasteiger partial charge in [-0.25, -0.2) is 9.78 Å². The summed E-state index contributed by atoms with van der Waals surface area (Å²) in [5.74, 6) is -1.42. The highest BCUT2D eigenvalue weighted by atomic mass is 16.5. The van der Waals surface area contributed by atoms with Crippen LogP contribution in [0.2, 0.25) is 0 Å². The van der Waals surface area contributed by atoms with Crippen LogP contribution in [0.1, 0.15) is 49.1 Å². The van der Waals surface area contributed by atoms with Crippen molar-refractivity contribution in [1.29, 1.82) is 0 Å². The molecule has 1 amide bonds. The first-order chi connectivity index (χ1) is 16.9. The largest absolute Gasteiger partial charge is 0.449 e. The Hall–Kier alpha value is -4.85. The number of nitrogens with zero attached hydrogens (tertiary/aromatic N) is 1. The summed E-state index contributed by atoms with van der Waals surface area (Å²) in [5, 5.41) is 2.63. The summed E-state index contributed by atoms with van der Waals surface area (Å²) in [4.78, 5) is 55.2. The third kappa shape index (κ3) is 4.02. The zero-order valence-corrected chi connectivity index (χ0v) is 18.5. The zero-order valence-electron chi connectivity index (χ0n) is 18.5. The number of hydrogen-bond donors (Lipinski definition) is 1.